The van der Waals surface area contributed by atoms with Crippen molar-refractivity contribution in [2.45, 2.75) is 26.9 Å². The highest BCUT2D eigenvalue weighted by Crippen LogP contribution is 2.35. The minimum absolute atomic E-state index is 0.0624. The van der Waals surface area contributed by atoms with Crippen LogP contribution in [0.4, 0.5) is 11.5 Å². The van der Waals surface area contributed by atoms with Gasteiger partial charge in [-0.3, -0.25) is 14.4 Å². The Morgan fingerprint density at radius 3 is 2.60 bits per heavy atom. The second-order valence-electron chi connectivity index (χ2n) is 9.37. The Kier molecular flexibility index (Phi) is 9.82. The molecule has 2 heterocycles. The first-order valence-corrected chi connectivity index (χ1v) is 13.8. The summed E-state index contributed by atoms with van der Waals surface area (Å²) in [6.07, 6.45) is 5.13. The van der Waals surface area contributed by atoms with Crippen molar-refractivity contribution in [3.8, 4) is 5.75 Å². The number of amides is 3. The molecule has 2 aromatic heterocycles. The molecule has 4 rings (SSSR count). The van der Waals surface area contributed by atoms with Crippen molar-refractivity contribution in [3.63, 3.8) is 0 Å². The number of aryl methyl sites for hydroxylation is 2. The SMILES string of the molecule is CCc1nc2c(OCc3c(Cl)ccc(N(C)C(=O)CNC(=O)/C=C/c4ccc(NC(C)=O)nc4)c3Cl)cccc2n1C. The van der Waals surface area contributed by atoms with Crippen LogP contribution in [-0.4, -0.2) is 45.8 Å². The highest BCUT2D eigenvalue weighted by atomic mass is 35.5. The van der Waals surface area contributed by atoms with Crippen LogP contribution in [0.1, 0.15) is 30.8 Å². The molecule has 42 heavy (non-hydrogen) atoms. The molecule has 0 unspecified atom stereocenters. The zero-order chi connectivity index (χ0) is 30.4. The standard InChI is InChI=1S/C30H30Cl2N6O4/c1-5-26-36-30-23(37(26)3)7-6-8-24(30)42-17-20-21(31)11-12-22(29(20)32)38(4)28(41)16-34-27(40)14-10-19-9-13-25(33-15-19)35-18(2)39/h6-15H,5,16-17H2,1-4H3,(H,34,40)(H,33,35,39)/b14-10+. The monoisotopic (exact) mass is 608 g/mol. The van der Waals surface area contributed by atoms with Gasteiger partial charge in [-0.1, -0.05) is 36.2 Å². The first-order chi connectivity index (χ1) is 20.1. The number of nitrogens with one attached hydrogen (secondary N) is 2. The van der Waals surface area contributed by atoms with Crippen LogP contribution in [0.3, 0.4) is 0 Å². The predicted octanol–water partition coefficient (Wildman–Crippen LogP) is 5.17. The molecular weight excluding hydrogens is 579 g/mol. The van der Waals surface area contributed by atoms with Crippen molar-refractivity contribution in [1.82, 2.24) is 19.9 Å². The number of hydrogen-bond donors (Lipinski definition) is 2. The third-order valence-corrected chi connectivity index (χ3v) is 7.26. The number of carbonyl (C=O) groups excluding carboxylic acids is 3. The molecule has 2 N–H and O–H groups in total. The first-order valence-electron chi connectivity index (χ1n) is 13.1. The van der Waals surface area contributed by atoms with Crippen LogP contribution in [0.25, 0.3) is 17.1 Å². The van der Waals surface area contributed by atoms with Gasteiger partial charge in [-0.2, -0.15) is 0 Å². The summed E-state index contributed by atoms with van der Waals surface area (Å²) in [4.78, 5) is 46.4. The molecule has 0 fully saturated rings. The zero-order valence-electron chi connectivity index (χ0n) is 23.6. The van der Waals surface area contributed by atoms with Gasteiger partial charge in [-0.05, 0) is 48.0 Å². The number of likely N-dealkylation sites (N-methyl/N-ethyl adjacent to an activating group) is 1. The van der Waals surface area contributed by atoms with Gasteiger partial charge in [0.1, 0.15) is 29.5 Å². The zero-order valence-corrected chi connectivity index (χ0v) is 25.1. The number of aromatic nitrogens is 3. The number of fused-ring (bicyclic) bond motifs is 1. The lowest BCUT2D eigenvalue weighted by Crippen LogP contribution is -2.37. The maximum Gasteiger partial charge on any atom is 0.246 e. The topological polar surface area (TPSA) is 118 Å². The lowest BCUT2D eigenvalue weighted by Gasteiger charge is -2.21. The van der Waals surface area contributed by atoms with E-state index in [1.165, 1.54) is 24.1 Å². The number of carbonyl (C=O) groups is 3. The Hall–Kier alpha value is -4.41. The Morgan fingerprint density at radius 2 is 1.90 bits per heavy atom. The molecular formula is C30H30Cl2N6O4. The van der Waals surface area contributed by atoms with E-state index in [0.29, 0.717) is 33.4 Å². The highest BCUT2D eigenvalue weighted by Gasteiger charge is 2.20. The second kappa shape index (κ2) is 13.5. The van der Waals surface area contributed by atoms with Crippen LogP contribution in [0, 0.1) is 0 Å². The Morgan fingerprint density at radius 1 is 1.12 bits per heavy atom. The fraction of sp³-hybridized carbons (Fsp3) is 0.233. The number of hydrogen-bond acceptors (Lipinski definition) is 6. The van der Waals surface area contributed by atoms with E-state index >= 15 is 0 Å². The van der Waals surface area contributed by atoms with Gasteiger partial charge in [0.2, 0.25) is 17.7 Å². The predicted molar refractivity (Wildman–Crippen MR) is 165 cm³/mol. The normalized spacial score (nSPS) is 11.1. The molecule has 2 aromatic carbocycles. The molecule has 0 aliphatic rings. The number of benzene rings is 2. The molecule has 0 aliphatic carbocycles. The smallest absolute Gasteiger partial charge is 0.246 e. The van der Waals surface area contributed by atoms with E-state index in [-0.39, 0.29) is 30.0 Å². The van der Waals surface area contributed by atoms with Crippen LogP contribution in [0.2, 0.25) is 10.0 Å². The van der Waals surface area contributed by atoms with Gasteiger partial charge in [0.05, 0.1) is 22.8 Å². The van der Waals surface area contributed by atoms with Gasteiger partial charge in [0.25, 0.3) is 0 Å². The summed E-state index contributed by atoms with van der Waals surface area (Å²) < 4.78 is 8.13. The number of nitrogens with zero attached hydrogens (tertiary/aromatic N) is 4. The van der Waals surface area contributed by atoms with Crippen LogP contribution in [0.5, 0.6) is 5.75 Å². The maximum absolute atomic E-state index is 12.9. The number of ether oxygens (including phenoxy) is 1. The van der Waals surface area contributed by atoms with E-state index in [1.54, 1.807) is 37.4 Å². The van der Waals surface area contributed by atoms with Gasteiger partial charge >= 0.3 is 0 Å². The molecule has 3 amide bonds. The number of anilines is 2. The largest absolute Gasteiger partial charge is 0.486 e. The highest BCUT2D eigenvalue weighted by molar-refractivity contribution is 6.38. The minimum atomic E-state index is -0.464. The molecule has 0 radical (unpaired) electrons. The first kappa shape index (κ1) is 30.5. The number of rotatable bonds is 10. The van der Waals surface area contributed by atoms with E-state index < -0.39 is 5.91 Å². The lowest BCUT2D eigenvalue weighted by molar-refractivity contribution is -0.122. The molecule has 4 aromatic rings. The maximum atomic E-state index is 12.9. The molecule has 12 heteroatoms. The fourth-order valence-electron chi connectivity index (χ4n) is 4.20. The number of pyridine rings is 1. The summed E-state index contributed by atoms with van der Waals surface area (Å²) in [6.45, 7) is 3.24. The van der Waals surface area contributed by atoms with Crippen molar-refractivity contribution < 1.29 is 19.1 Å². The summed E-state index contributed by atoms with van der Waals surface area (Å²) in [6, 6.07) is 12.3. The third kappa shape index (κ3) is 7.07. The average molecular weight is 610 g/mol. The van der Waals surface area contributed by atoms with Gasteiger partial charge in [-0.25, -0.2) is 9.97 Å². The van der Waals surface area contributed by atoms with Crippen LogP contribution >= 0.6 is 23.2 Å². The number of imidazole rings is 1. The van der Waals surface area contributed by atoms with Crippen molar-refractivity contribution in [1.29, 1.82) is 0 Å². The fourth-order valence-corrected chi connectivity index (χ4v) is 4.81. The van der Waals surface area contributed by atoms with Gasteiger partial charge < -0.3 is 24.8 Å². The van der Waals surface area contributed by atoms with Crippen molar-refractivity contribution in [2.24, 2.45) is 7.05 Å². The lowest BCUT2D eigenvalue weighted by atomic mass is 10.2. The molecule has 0 atom stereocenters. The van der Waals surface area contributed by atoms with Crippen molar-refractivity contribution >= 4 is 69.5 Å². The summed E-state index contributed by atoms with van der Waals surface area (Å²) in [5.74, 6) is 0.863. The summed E-state index contributed by atoms with van der Waals surface area (Å²) in [5, 5.41) is 5.79. The molecule has 0 saturated carbocycles. The van der Waals surface area contributed by atoms with Crippen molar-refractivity contribution in [3.05, 3.63) is 81.7 Å². The van der Waals surface area contributed by atoms with E-state index in [4.69, 9.17) is 32.9 Å². The molecule has 0 saturated heterocycles. The van der Waals surface area contributed by atoms with Gasteiger partial charge in [-0.15, -0.1) is 0 Å². The van der Waals surface area contributed by atoms with Gasteiger partial charge in [0, 0.05) is 50.3 Å². The second-order valence-corrected chi connectivity index (χ2v) is 10.2. The quantitative estimate of drug-likeness (QED) is 0.240. The number of halogens is 2. The summed E-state index contributed by atoms with van der Waals surface area (Å²) in [5.41, 5.74) is 3.29. The molecule has 218 valence electrons. The average Bonchev–Trinajstić information content (AvgIpc) is 3.30. The Bertz CT molecular complexity index is 1670. The van der Waals surface area contributed by atoms with E-state index in [2.05, 4.69) is 15.6 Å². The molecule has 10 nitrogen and oxygen atoms in total. The van der Waals surface area contributed by atoms with Crippen molar-refractivity contribution in [2.75, 3.05) is 23.8 Å². The van der Waals surface area contributed by atoms with Gasteiger partial charge in [0.15, 0.2) is 0 Å². The minimum Gasteiger partial charge on any atom is -0.486 e. The Balaban J connectivity index is 1.39. The molecule has 0 spiro atoms. The van der Waals surface area contributed by atoms with Crippen LogP contribution < -0.4 is 20.3 Å². The van der Waals surface area contributed by atoms with Crippen LogP contribution in [-0.2, 0) is 34.5 Å². The molecule has 0 aliphatic heterocycles. The molecule has 0 bridgehead atoms. The number of para-hydroxylation sites is 1. The summed E-state index contributed by atoms with van der Waals surface area (Å²) >= 11 is 13.2. The Labute approximate surface area is 253 Å². The third-order valence-electron chi connectivity index (χ3n) is 6.49. The van der Waals surface area contributed by atoms with E-state index in [9.17, 15) is 14.4 Å². The van der Waals surface area contributed by atoms with Crippen LogP contribution in [0.15, 0.2) is 54.7 Å². The van der Waals surface area contributed by atoms with E-state index in [1.807, 2.05) is 36.7 Å². The van der Waals surface area contributed by atoms with E-state index in [0.717, 1.165) is 23.3 Å². The summed E-state index contributed by atoms with van der Waals surface area (Å²) in [7, 11) is 3.53.